The van der Waals surface area contributed by atoms with Crippen LogP contribution in [0.5, 0.6) is 5.75 Å². The van der Waals surface area contributed by atoms with E-state index in [1.54, 1.807) is 13.8 Å². The first-order valence-corrected chi connectivity index (χ1v) is 7.08. The second-order valence-corrected chi connectivity index (χ2v) is 5.11. The van der Waals surface area contributed by atoms with Gasteiger partial charge in [0, 0.05) is 18.0 Å². The van der Waals surface area contributed by atoms with Crippen molar-refractivity contribution in [3.63, 3.8) is 0 Å². The summed E-state index contributed by atoms with van der Waals surface area (Å²) < 4.78 is 18.9. The average molecular weight is 333 g/mol. The molecule has 0 bridgehead atoms. The molecule has 1 aromatic carbocycles. The molecule has 8 heteroatoms. The summed E-state index contributed by atoms with van der Waals surface area (Å²) in [6.45, 7) is 4.67. The number of halogens is 1. The molecule has 1 heterocycles. The molecule has 0 fully saturated rings. The number of nitrogens with one attached hydrogen (secondary N) is 1. The number of aromatic nitrogens is 2. The monoisotopic (exact) mass is 333 g/mol. The molecule has 7 nitrogen and oxygen atoms in total. The Kier molecular flexibility index (Phi) is 5.08. The van der Waals surface area contributed by atoms with Crippen LogP contribution in [0.3, 0.4) is 0 Å². The number of carboxylic acid groups (broad SMARTS) is 1. The SMILES string of the molecule is Cc1ncc(C(=O)Nc2ccc(OC(C)C(=O)O)c(F)c2)c(C)n1. The van der Waals surface area contributed by atoms with Crippen LogP contribution in [0.2, 0.25) is 0 Å². The summed E-state index contributed by atoms with van der Waals surface area (Å²) in [4.78, 5) is 31.0. The molecular weight excluding hydrogens is 317 g/mol. The number of hydrogen-bond donors (Lipinski definition) is 2. The highest BCUT2D eigenvalue weighted by Crippen LogP contribution is 2.23. The Morgan fingerprint density at radius 3 is 2.62 bits per heavy atom. The van der Waals surface area contributed by atoms with Crippen molar-refractivity contribution in [2.75, 3.05) is 5.32 Å². The van der Waals surface area contributed by atoms with E-state index in [1.165, 1.54) is 25.3 Å². The normalized spacial score (nSPS) is 11.7. The molecule has 0 saturated heterocycles. The van der Waals surface area contributed by atoms with Gasteiger partial charge in [-0.25, -0.2) is 19.2 Å². The van der Waals surface area contributed by atoms with E-state index in [-0.39, 0.29) is 17.0 Å². The topological polar surface area (TPSA) is 101 Å². The van der Waals surface area contributed by atoms with Crippen LogP contribution in [0.1, 0.15) is 28.8 Å². The lowest BCUT2D eigenvalue weighted by Gasteiger charge is -2.12. The smallest absolute Gasteiger partial charge is 0.344 e. The third-order valence-corrected chi connectivity index (χ3v) is 3.19. The predicted octanol–water partition coefficient (Wildman–Crippen LogP) is 2.34. The van der Waals surface area contributed by atoms with Crippen molar-refractivity contribution in [1.29, 1.82) is 0 Å². The van der Waals surface area contributed by atoms with Gasteiger partial charge in [-0.05, 0) is 32.9 Å². The highest BCUT2D eigenvalue weighted by atomic mass is 19.1. The fourth-order valence-corrected chi connectivity index (χ4v) is 1.92. The van der Waals surface area contributed by atoms with Gasteiger partial charge in [0.2, 0.25) is 0 Å². The Morgan fingerprint density at radius 1 is 1.33 bits per heavy atom. The molecule has 24 heavy (non-hydrogen) atoms. The van der Waals surface area contributed by atoms with E-state index in [0.717, 1.165) is 6.07 Å². The third kappa shape index (κ3) is 4.03. The molecular formula is C16H16FN3O4. The second-order valence-electron chi connectivity index (χ2n) is 5.11. The highest BCUT2D eigenvalue weighted by Gasteiger charge is 2.16. The van der Waals surface area contributed by atoms with E-state index in [1.807, 2.05) is 0 Å². The fourth-order valence-electron chi connectivity index (χ4n) is 1.92. The Hall–Kier alpha value is -3.03. The van der Waals surface area contributed by atoms with Crippen molar-refractivity contribution in [3.8, 4) is 5.75 Å². The average Bonchev–Trinajstić information content (AvgIpc) is 2.49. The lowest BCUT2D eigenvalue weighted by atomic mass is 10.2. The van der Waals surface area contributed by atoms with Gasteiger partial charge in [0.1, 0.15) is 5.82 Å². The summed E-state index contributed by atoms with van der Waals surface area (Å²) in [5, 5.41) is 11.3. The lowest BCUT2D eigenvalue weighted by Crippen LogP contribution is -2.23. The summed E-state index contributed by atoms with van der Waals surface area (Å²) in [6, 6.07) is 3.71. The van der Waals surface area contributed by atoms with Crippen molar-refractivity contribution in [2.24, 2.45) is 0 Å². The molecule has 2 rings (SSSR count). The van der Waals surface area contributed by atoms with Gasteiger partial charge in [0.15, 0.2) is 17.7 Å². The molecule has 0 radical (unpaired) electrons. The van der Waals surface area contributed by atoms with Crippen molar-refractivity contribution in [2.45, 2.75) is 26.9 Å². The number of carbonyl (C=O) groups excluding carboxylic acids is 1. The van der Waals surface area contributed by atoms with Gasteiger partial charge in [-0.1, -0.05) is 0 Å². The Labute approximate surface area is 137 Å². The van der Waals surface area contributed by atoms with Crippen LogP contribution in [0.4, 0.5) is 10.1 Å². The van der Waals surface area contributed by atoms with Crippen LogP contribution >= 0.6 is 0 Å². The van der Waals surface area contributed by atoms with Gasteiger partial charge in [-0.3, -0.25) is 4.79 Å². The number of aryl methyl sites for hydroxylation is 2. The Balaban J connectivity index is 2.14. The summed E-state index contributed by atoms with van der Waals surface area (Å²) >= 11 is 0. The molecule has 1 atom stereocenters. The van der Waals surface area contributed by atoms with Crippen LogP contribution in [-0.4, -0.2) is 33.1 Å². The number of anilines is 1. The largest absolute Gasteiger partial charge is 0.479 e. The number of amides is 1. The van der Waals surface area contributed by atoms with Gasteiger partial charge in [0.25, 0.3) is 5.91 Å². The zero-order valence-corrected chi connectivity index (χ0v) is 13.3. The van der Waals surface area contributed by atoms with Crippen molar-refractivity contribution in [3.05, 3.63) is 47.3 Å². The molecule has 0 spiro atoms. The summed E-state index contributed by atoms with van der Waals surface area (Å²) in [6.07, 6.45) is 0.211. The van der Waals surface area contributed by atoms with Crippen molar-refractivity contribution >= 4 is 17.6 Å². The highest BCUT2D eigenvalue weighted by molar-refractivity contribution is 6.04. The number of hydrogen-bond acceptors (Lipinski definition) is 5. The number of rotatable bonds is 5. The van der Waals surface area contributed by atoms with E-state index in [4.69, 9.17) is 9.84 Å². The molecule has 0 aliphatic rings. The van der Waals surface area contributed by atoms with Crippen molar-refractivity contribution < 1.29 is 23.8 Å². The molecule has 0 aliphatic carbocycles. The van der Waals surface area contributed by atoms with Crippen LogP contribution in [0.25, 0.3) is 0 Å². The van der Waals surface area contributed by atoms with Gasteiger partial charge in [0.05, 0.1) is 11.3 Å². The van der Waals surface area contributed by atoms with Crippen LogP contribution in [0.15, 0.2) is 24.4 Å². The number of carboxylic acids is 1. The number of carbonyl (C=O) groups is 2. The molecule has 0 aliphatic heterocycles. The number of nitrogens with zero attached hydrogens (tertiary/aromatic N) is 2. The van der Waals surface area contributed by atoms with E-state index in [2.05, 4.69) is 15.3 Å². The fraction of sp³-hybridized carbons (Fsp3) is 0.250. The van der Waals surface area contributed by atoms with Gasteiger partial charge < -0.3 is 15.2 Å². The molecule has 1 unspecified atom stereocenters. The van der Waals surface area contributed by atoms with E-state index >= 15 is 0 Å². The van der Waals surface area contributed by atoms with E-state index in [9.17, 15) is 14.0 Å². The summed E-state index contributed by atoms with van der Waals surface area (Å²) in [7, 11) is 0. The maximum Gasteiger partial charge on any atom is 0.344 e. The second kappa shape index (κ2) is 7.03. The minimum Gasteiger partial charge on any atom is -0.479 e. The molecule has 126 valence electrons. The summed E-state index contributed by atoms with van der Waals surface area (Å²) in [5.41, 5.74) is 0.990. The first-order chi connectivity index (χ1) is 11.3. The number of benzene rings is 1. The zero-order valence-electron chi connectivity index (χ0n) is 13.3. The van der Waals surface area contributed by atoms with Gasteiger partial charge in [-0.15, -0.1) is 0 Å². The van der Waals surface area contributed by atoms with Crippen LogP contribution in [-0.2, 0) is 4.79 Å². The van der Waals surface area contributed by atoms with Crippen LogP contribution < -0.4 is 10.1 Å². The minimum atomic E-state index is -1.21. The molecule has 2 aromatic rings. The lowest BCUT2D eigenvalue weighted by molar-refractivity contribution is -0.144. The molecule has 1 amide bonds. The predicted molar refractivity (Wildman–Crippen MR) is 83.6 cm³/mol. The maximum absolute atomic E-state index is 14.0. The van der Waals surface area contributed by atoms with Gasteiger partial charge in [-0.2, -0.15) is 0 Å². The van der Waals surface area contributed by atoms with Crippen LogP contribution in [0, 0.1) is 19.7 Å². The number of aliphatic carboxylic acids is 1. The first-order valence-electron chi connectivity index (χ1n) is 7.08. The minimum absolute atomic E-state index is 0.202. The van der Waals surface area contributed by atoms with E-state index < -0.39 is 23.8 Å². The van der Waals surface area contributed by atoms with Crippen molar-refractivity contribution in [1.82, 2.24) is 9.97 Å². The molecule has 1 aromatic heterocycles. The molecule has 2 N–H and O–H groups in total. The third-order valence-electron chi connectivity index (χ3n) is 3.19. The standard InChI is InChI=1S/C16H16FN3O4/c1-8-12(7-18-10(3)19-8)15(21)20-11-4-5-14(13(17)6-11)24-9(2)16(22)23/h4-7,9H,1-3H3,(H,20,21)(H,22,23). The quantitative estimate of drug-likeness (QED) is 0.871. The van der Waals surface area contributed by atoms with E-state index in [0.29, 0.717) is 11.5 Å². The summed E-state index contributed by atoms with van der Waals surface area (Å²) in [5.74, 6) is -2.12. The first kappa shape index (κ1) is 17.3. The zero-order chi connectivity index (χ0) is 17.9. The Bertz CT molecular complexity index is 795. The Morgan fingerprint density at radius 2 is 2.04 bits per heavy atom. The maximum atomic E-state index is 14.0. The molecule has 0 saturated carbocycles. The van der Waals surface area contributed by atoms with Gasteiger partial charge >= 0.3 is 5.97 Å². The number of ether oxygens (including phenoxy) is 1.